The highest BCUT2D eigenvalue weighted by Gasteiger charge is 2.25. The summed E-state index contributed by atoms with van der Waals surface area (Å²) in [5.74, 6) is 0. The van der Waals surface area contributed by atoms with Crippen LogP contribution in [-0.4, -0.2) is 19.8 Å². The van der Waals surface area contributed by atoms with Gasteiger partial charge in [-0.2, -0.15) is 0 Å². The van der Waals surface area contributed by atoms with Crippen molar-refractivity contribution >= 4 is 32.1 Å². The number of nitrogens with zero attached hydrogens (tertiary/aromatic N) is 1. The van der Waals surface area contributed by atoms with Gasteiger partial charge in [-0.05, 0) is 18.6 Å². The summed E-state index contributed by atoms with van der Waals surface area (Å²) in [6, 6.07) is 10.7. The zero-order valence-electron chi connectivity index (χ0n) is 20.3. The third kappa shape index (κ3) is 14.6. The molecule has 1 atom stereocenters. The topological polar surface area (TPSA) is 12.4 Å². The third-order valence-corrected chi connectivity index (χ3v) is 8.85. The number of isothiocyanates is 1. The van der Waals surface area contributed by atoms with Gasteiger partial charge in [0.05, 0.1) is 19.8 Å². The van der Waals surface area contributed by atoms with Gasteiger partial charge in [0, 0.05) is 0 Å². The van der Waals surface area contributed by atoms with E-state index in [2.05, 4.69) is 54.0 Å². The Balaban J connectivity index is 2.03. The molecule has 31 heavy (non-hydrogen) atoms. The highest BCUT2D eigenvalue weighted by atomic mass is 32.1. The first kappa shape index (κ1) is 28.0. The molecular formula is C28H47NSSi. The van der Waals surface area contributed by atoms with Crippen LogP contribution in [0.1, 0.15) is 116 Å². The lowest BCUT2D eigenvalue weighted by molar-refractivity contribution is 0.519. The first-order chi connectivity index (χ1) is 15.3. The number of aliphatic imine (C=N–C) groups is 1. The minimum absolute atomic E-state index is 0.154. The largest absolute Gasteiger partial charge is 0.225 e. The van der Waals surface area contributed by atoms with Crippen LogP contribution >= 0.6 is 12.2 Å². The predicted molar refractivity (Wildman–Crippen MR) is 147 cm³/mol. The van der Waals surface area contributed by atoms with E-state index in [0.717, 1.165) is 6.42 Å². The van der Waals surface area contributed by atoms with E-state index in [0.29, 0.717) is 0 Å². The van der Waals surface area contributed by atoms with Crippen LogP contribution < -0.4 is 5.19 Å². The normalized spacial score (nSPS) is 13.2. The van der Waals surface area contributed by atoms with Crippen LogP contribution in [-0.2, 0) is 0 Å². The zero-order valence-corrected chi connectivity index (χ0v) is 22.5. The molecule has 1 nitrogen and oxygen atoms in total. The molecule has 0 spiro atoms. The van der Waals surface area contributed by atoms with Crippen molar-refractivity contribution in [2.24, 2.45) is 4.99 Å². The maximum absolute atomic E-state index is 4.96. The number of thiocarbonyl (C=S) groups is 1. The van der Waals surface area contributed by atoms with Crippen LogP contribution in [0, 0.1) is 0 Å². The van der Waals surface area contributed by atoms with E-state index in [-0.39, 0.29) is 5.16 Å². The number of benzene rings is 1. The van der Waals surface area contributed by atoms with Crippen molar-refractivity contribution in [3.8, 4) is 0 Å². The molecule has 0 fully saturated rings. The maximum Gasteiger partial charge on any atom is 0.0932 e. The van der Waals surface area contributed by atoms with E-state index in [4.69, 9.17) is 12.2 Å². The average molecular weight is 458 g/mol. The summed E-state index contributed by atoms with van der Waals surface area (Å²) in [6.45, 7) is 6.39. The average Bonchev–Trinajstić information content (AvgIpc) is 2.79. The lowest BCUT2D eigenvalue weighted by atomic mass is 10.0. The monoisotopic (exact) mass is 457 g/mol. The fraction of sp³-hybridized carbons (Fsp3) is 0.679. The van der Waals surface area contributed by atoms with Gasteiger partial charge < -0.3 is 0 Å². The molecule has 1 aromatic rings. The van der Waals surface area contributed by atoms with Gasteiger partial charge in [-0.25, -0.2) is 4.99 Å². The summed E-state index contributed by atoms with van der Waals surface area (Å²) in [4.78, 5) is 4.59. The molecule has 174 valence electrons. The second-order valence-electron chi connectivity index (χ2n) is 9.23. The van der Waals surface area contributed by atoms with Gasteiger partial charge in [0.1, 0.15) is 0 Å². The smallest absolute Gasteiger partial charge is 0.0932 e. The fourth-order valence-electron chi connectivity index (χ4n) is 4.42. The first-order valence-electron chi connectivity index (χ1n) is 13.0. The molecule has 0 radical (unpaired) electrons. The molecule has 1 unspecified atom stereocenters. The lowest BCUT2D eigenvalue weighted by Gasteiger charge is -2.24. The van der Waals surface area contributed by atoms with E-state index >= 15 is 0 Å². The molecule has 0 saturated carbocycles. The number of hydrogen-bond acceptors (Lipinski definition) is 2. The molecular weight excluding hydrogens is 410 g/mol. The highest BCUT2D eigenvalue weighted by Crippen LogP contribution is 2.21. The minimum atomic E-state index is -0.595. The molecule has 0 aromatic heterocycles. The van der Waals surface area contributed by atoms with Gasteiger partial charge in [-0.1, -0.05) is 151 Å². The second kappa shape index (κ2) is 19.6. The van der Waals surface area contributed by atoms with Gasteiger partial charge >= 0.3 is 0 Å². The Labute approximate surface area is 201 Å². The first-order valence-corrected chi connectivity index (χ1v) is 14.8. The quantitative estimate of drug-likeness (QED) is 0.0597. The van der Waals surface area contributed by atoms with E-state index in [9.17, 15) is 0 Å². The zero-order chi connectivity index (χ0) is 22.5. The van der Waals surface area contributed by atoms with Crippen molar-refractivity contribution in [3.63, 3.8) is 0 Å². The van der Waals surface area contributed by atoms with Gasteiger partial charge in [0.25, 0.3) is 0 Å². The van der Waals surface area contributed by atoms with Gasteiger partial charge in [-0.3, -0.25) is 0 Å². The van der Waals surface area contributed by atoms with Crippen LogP contribution in [0.4, 0.5) is 0 Å². The molecule has 0 heterocycles. The van der Waals surface area contributed by atoms with Crippen LogP contribution in [0.3, 0.4) is 0 Å². The molecule has 0 amide bonds. The molecule has 3 heteroatoms. The van der Waals surface area contributed by atoms with Crippen molar-refractivity contribution in [3.05, 3.63) is 43.0 Å². The molecule has 0 aliphatic heterocycles. The summed E-state index contributed by atoms with van der Waals surface area (Å²) < 4.78 is 0. The summed E-state index contributed by atoms with van der Waals surface area (Å²) in [5.41, 5.74) is 0. The fourth-order valence-corrected chi connectivity index (χ4v) is 6.66. The van der Waals surface area contributed by atoms with Crippen LogP contribution in [0.25, 0.3) is 0 Å². The number of unbranched alkanes of at least 4 members (excludes halogenated alkanes) is 15. The van der Waals surface area contributed by atoms with E-state index in [1.807, 2.05) is 6.08 Å². The van der Waals surface area contributed by atoms with E-state index < -0.39 is 9.52 Å². The van der Waals surface area contributed by atoms with E-state index in [1.165, 1.54) is 108 Å². The standard InChI is InChI=1S/C28H47NSSi/c1-3-5-6-7-8-9-10-11-12-13-14-15-16-17-18-22-25-28(4-2,29-26-30)31-27-23-20-19-21-24-27/h4,19-21,23-24H,2-3,5-18,22,25,31H2,1H3. The SMILES string of the molecule is C=CC(CCCCCCCCCCCCCCCCCC)(N=C=S)[SiH2]c1ccccc1. The second-order valence-corrected chi connectivity index (χ2v) is 11.8. The summed E-state index contributed by atoms with van der Waals surface area (Å²) in [6.07, 6.45) is 25.5. The van der Waals surface area contributed by atoms with Crippen molar-refractivity contribution in [2.45, 2.75) is 121 Å². The summed E-state index contributed by atoms with van der Waals surface area (Å²) in [7, 11) is -0.595. The molecule has 1 rings (SSSR count). The molecule has 0 N–H and O–H groups in total. The lowest BCUT2D eigenvalue weighted by Crippen LogP contribution is -2.39. The third-order valence-electron chi connectivity index (χ3n) is 6.46. The summed E-state index contributed by atoms with van der Waals surface area (Å²) >= 11 is 4.96. The number of rotatable bonds is 21. The van der Waals surface area contributed by atoms with Gasteiger partial charge in [-0.15, -0.1) is 6.58 Å². The Hall–Kier alpha value is -1.02. The predicted octanol–water partition coefficient (Wildman–Crippen LogP) is 8.12. The van der Waals surface area contributed by atoms with Crippen LogP contribution in [0.5, 0.6) is 0 Å². The van der Waals surface area contributed by atoms with Crippen molar-refractivity contribution in [1.29, 1.82) is 0 Å². The van der Waals surface area contributed by atoms with Crippen molar-refractivity contribution < 1.29 is 0 Å². The Morgan fingerprint density at radius 1 is 0.806 bits per heavy atom. The molecule has 0 aliphatic rings. The van der Waals surface area contributed by atoms with Crippen LogP contribution in [0.2, 0.25) is 0 Å². The maximum atomic E-state index is 4.96. The van der Waals surface area contributed by atoms with Crippen molar-refractivity contribution in [2.75, 3.05) is 0 Å². The van der Waals surface area contributed by atoms with Crippen LogP contribution in [0.15, 0.2) is 48.0 Å². The van der Waals surface area contributed by atoms with Gasteiger partial charge in [0.15, 0.2) is 0 Å². The van der Waals surface area contributed by atoms with Crippen molar-refractivity contribution in [1.82, 2.24) is 0 Å². The Morgan fingerprint density at radius 3 is 1.68 bits per heavy atom. The molecule has 0 aliphatic carbocycles. The number of hydrogen-bond donors (Lipinski definition) is 0. The molecule has 0 saturated heterocycles. The Morgan fingerprint density at radius 2 is 1.26 bits per heavy atom. The highest BCUT2D eigenvalue weighted by molar-refractivity contribution is 7.78. The Bertz CT molecular complexity index is 596. The molecule has 0 bridgehead atoms. The van der Waals surface area contributed by atoms with Gasteiger partial charge in [0.2, 0.25) is 0 Å². The molecule has 1 aromatic carbocycles. The van der Waals surface area contributed by atoms with E-state index in [1.54, 1.807) is 0 Å². The Kier molecular flexibility index (Phi) is 17.8. The summed E-state index contributed by atoms with van der Waals surface area (Å²) in [5, 5.41) is 3.93. The minimum Gasteiger partial charge on any atom is -0.225 e.